The number of carbonyl (C=O) groups is 4. The van der Waals surface area contributed by atoms with Gasteiger partial charge in [0.1, 0.15) is 18.0 Å². The summed E-state index contributed by atoms with van der Waals surface area (Å²) in [6, 6.07) is 24.7. The molecule has 1 fully saturated rings. The molecular weight excluding hydrogens is 676 g/mol. The Kier molecular flexibility index (Phi) is 15.2. The molecule has 6 atom stereocenters. The number of aliphatic hydroxyl groups is 3. The van der Waals surface area contributed by atoms with Gasteiger partial charge >= 0.3 is 5.97 Å². The lowest BCUT2D eigenvalue weighted by Gasteiger charge is -2.46. The Bertz CT molecular complexity index is 1580. The van der Waals surface area contributed by atoms with E-state index >= 15 is 0 Å². The summed E-state index contributed by atoms with van der Waals surface area (Å²) in [4.78, 5) is 49.5. The number of ether oxygens (including phenoxy) is 2. The van der Waals surface area contributed by atoms with E-state index in [-0.39, 0.29) is 12.4 Å². The number of ketones is 1. The Morgan fingerprint density at radius 1 is 0.922 bits per heavy atom. The van der Waals surface area contributed by atoms with Crippen LogP contribution in [0.2, 0.25) is 0 Å². The maximum atomic E-state index is 12.8. The second kappa shape index (κ2) is 19.5. The van der Waals surface area contributed by atoms with Crippen LogP contribution in [0.25, 0.3) is 11.1 Å². The number of amides is 2. The van der Waals surface area contributed by atoms with Gasteiger partial charge in [0.15, 0.2) is 0 Å². The molecule has 51 heavy (non-hydrogen) atoms. The van der Waals surface area contributed by atoms with Crippen molar-refractivity contribution in [2.24, 2.45) is 0 Å². The van der Waals surface area contributed by atoms with Gasteiger partial charge in [-0.2, -0.15) is 11.8 Å². The van der Waals surface area contributed by atoms with E-state index in [1.807, 2.05) is 60.7 Å². The van der Waals surface area contributed by atoms with E-state index in [4.69, 9.17) is 9.47 Å². The highest BCUT2D eigenvalue weighted by Crippen LogP contribution is 2.34. The van der Waals surface area contributed by atoms with Gasteiger partial charge in [0, 0.05) is 38.3 Å². The maximum Gasteiger partial charge on any atom is 0.364 e. The van der Waals surface area contributed by atoms with E-state index in [2.05, 4.69) is 10.6 Å². The summed E-state index contributed by atoms with van der Waals surface area (Å²) in [7, 11) is 0. The summed E-state index contributed by atoms with van der Waals surface area (Å²) >= 11 is 1.59. The number of hydrogen-bond donors (Lipinski definition) is 6. The van der Waals surface area contributed by atoms with Crippen molar-refractivity contribution < 1.29 is 49.1 Å². The first-order valence-electron chi connectivity index (χ1n) is 16.9. The summed E-state index contributed by atoms with van der Waals surface area (Å²) in [6.45, 7) is 0.676. The summed E-state index contributed by atoms with van der Waals surface area (Å²) in [6.07, 6.45) is -5.22. The Balaban J connectivity index is 1.28. The molecule has 0 saturated carbocycles. The number of carboxylic acid groups (broad SMARTS) is 1. The lowest BCUT2D eigenvalue weighted by Crippen LogP contribution is -2.68. The molecule has 1 aliphatic rings. The normalized spacial score (nSPS) is 21.3. The van der Waals surface area contributed by atoms with Crippen molar-refractivity contribution in [1.29, 1.82) is 0 Å². The number of aliphatic hydroxyl groups excluding tert-OH is 3. The van der Waals surface area contributed by atoms with Crippen LogP contribution >= 0.6 is 11.8 Å². The minimum absolute atomic E-state index is 0.0613. The highest BCUT2D eigenvalue weighted by molar-refractivity contribution is 7.99. The smallest absolute Gasteiger partial charge is 0.364 e. The van der Waals surface area contributed by atoms with Crippen LogP contribution in [-0.2, 0) is 30.3 Å². The molecule has 1 saturated heterocycles. The zero-order chi connectivity index (χ0) is 36.8. The largest absolute Gasteiger partial charge is 0.477 e. The summed E-state index contributed by atoms with van der Waals surface area (Å²) < 4.78 is 11.5. The molecule has 274 valence electrons. The van der Waals surface area contributed by atoms with Crippen LogP contribution in [0.15, 0.2) is 84.9 Å². The summed E-state index contributed by atoms with van der Waals surface area (Å²) in [5.74, 6) is -3.52. The SMILES string of the molecule is CC(=O)N[C@@H]1[C@H]([C@H](O)[C@@H](O)CNC(=O)c2ccc(-c3ccccc3)cc2)O[C@@](OCCCSCCCC(=O)Cc2ccccc2)(C(=O)O)C[C@H]1O. The van der Waals surface area contributed by atoms with Crippen molar-refractivity contribution in [2.45, 2.75) is 75.3 Å². The number of nitrogens with one attached hydrogen (secondary N) is 2. The third-order valence-corrected chi connectivity index (χ3v) is 9.64. The summed E-state index contributed by atoms with van der Waals surface area (Å²) in [5, 5.41) is 48.2. The first-order chi connectivity index (χ1) is 24.5. The van der Waals surface area contributed by atoms with E-state index in [0.717, 1.165) is 22.4 Å². The number of thioether (sulfide) groups is 1. The van der Waals surface area contributed by atoms with Gasteiger partial charge in [0.2, 0.25) is 5.91 Å². The molecule has 6 N–H and O–H groups in total. The molecule has 4 rings (SSSR count). The number of rotatable bonds is 19. The summed E-state index contributed by atoms with van der Waals surface area (Å²) in [5.41, 5.74) is 3.18. The van der Waals surface area contributed by atoms with E-state index in [1.165, 1.54) is 6.92 Å². The van der Waals surface area contributed by atoms with E-state index in [0.29, 0.717) is 37.0 Å². The van der Waals surface area contributed by atoms with Crippen molar-refractivity contribution in [3.63, 3.8) is 0 Å². The van der Waals surface area contributed by atoms with Gasteiger partial charge in [0.05, 0.1) is 24.9 Å². The van der Waals surface area contributed by atoms with Crippen LogP contribution in [0, 0.1) is 0 Å². The minimum Gasteiger partial charge on any atom is -0.477 e. The minimum atomic E-state index is -2.38. The Morgan fingerprint density at radius 2 is 1.55 bits per heavy atom. The molecule has 1 heterocycles. The van der Waals surface area contributed by atoms with Crippen LogP contribution in [0.1, 0.15) is 48.5 Å². The Hall–Kier alpha value is -4.11. The fourth-order valence-corrected chi connectivity index (χ4v) is 6.69. The molecule has 12 nitrogen and oxygen atoms in total. The number of Topliss-reactive ketones (excluding diaryl/α,β-unsaturated/α-hetero) is 1. The fourth-order valence-electron chi connectivity index (χ4n) is 5.82. The number of benzene rings is 3. The number of carboxylic acids is 1. The van der Waals surface area contributed by atoms with Gasteiger partial charge in [0.25, 0.3) is 11.7 Å². The van der Waals surface area contributed by atoms with Crippen molar-refractivity contribution in [3.8, 4) is 11.1 Å². The quantitative estimate of drug-likeness (QED) is 0.0998. The van der Waals surface area contributed by atoms with Crippen LogP contribution < -0.4 is 10.6 Å². The number of hydrogen-bond acceptors (Lipinski definition) is 10. The predicted molar refractivity (Wildman–Crippen MR) is 192 cm³/mol. The highest BCUT2D eigenvalue weighted by atomic mass is 32.2. The molecule has 13 heteroatoms. The van der Waals surface area contributed by atoms with Crippen molar-refractivity contribution in [1.82, 2.24) is 10.6 Å². The number of aliphatic carboxylic acids is 1. The first-order valence-corrected chi connectivity index (χ1v) is 18.1. The lowest BCUT2D eigenvalue weighted by molar-refractivity contribution is -0.310. The van der Waals surface area contributed by atoms with Gasteiger partial charge in [-0.15, -0.1) is 0 Å². The third-order valence-electron chi connectivity index (χ3n) is 8.48. The molecule has 0 aromatic heterocycles. The molecule has 0 bridgehead atoms. The molecule has 3 aromatic rings. The van der Waals surface area contributed by atoms with Gasteiger partial charge in [-0.1, -0.05) is 72.8 Å². The van der Waals surface area contributed by atoms with Gasteiger partial charge in [-0.05, 0) is 53.2 Å². The maximum absolute atomic E-state index is 12.8. The molecule has 3 aromatic carbocycles. The average molecular weight is 723 g/mol. The molecule has 2 amide bonds. The van der Waals surface area contributed by atoms with Crippen LogP contribution in [-0.4, -0.2) is 105 Å². The first kappa shape index (κ1) is 39.7. The van der Waals surface area contributed by atoms with Crippen molar-refractivity contribution in [3.05, 3.63) is 96.1 Å². The van der Waals surface area contributed by atoms with E-state index in [1.54, 1.807) is 36.0 Å². The second-order valence-corrected chi connectivity index (χ2v) is 13.7. The standard InChI is InChI=1S/C38H46N2O10S/c1-25(41)40-33-31(43)23-38(37(47)48,49-19-9-21-51-20-8-14-30(42)22-26-10-4-2-5-11-26)50-35(33)34(45)32(44)24-39-36(46)29-17-15-28(16-18-29)27-12-6-3-7-13-27/h2-7,10-13,15-18,31-35,43-45H,8-9,14,19-24H2,1H3,(H,39,46)(H,40,41)(H,47,48)/t31-,32+,33+,34-,35-,38-/m1/s1. The topological polar surface area (TPSA) is 192 Å². The van der Waals surface area contributed by atoms with Crippen molar-refractivity contribution in [2.75, 3.05) is 24.7 Å². The van der Waals surface area contributed by atoms with Crippen LogP contribution in [0.3, 0.4) is 0 Å². The van der Waals surface area contributed by atoms with Crippen molar-refractivity contribution >= 4 is 35.3 Å². The molecule has 1 aliphatic heterocycles. The predicted octanol–water partition coefficient (Wildman–Crippen LogP) is 2.97. The molecule has 0 unspecified atom stereocenters. The fraction of sp³-hybridized carbons (Fsp3) is 0.421. The lowest BCUT2D eigenvalue weighted by atomic mass is 9.88. The Morgan fingerprint density at radius 3 is 2.20 bits per heavy atom. The zero-order valence-electron chi connectivity index (χ0n) is 28.5. The van der Waals surface area contributed by atoms with E-state index < -0.39 is 67.0 Å². The molecule has 0 aliphatic carbocycles. The highest BCUT2D eigenvalue weighted by Gasteiger charge is 2.55. The van der Waals surface area contributed by atoms with Gasteiger partial charge in [-0.3, -0.25) is 14.4 Å². The molecule has 0 spiro atoms. The second-order valence-electron chi connectivity index (χ2n) is 12.5. The van der Waals surface area contributed by atoms with Gasteiger partial charge < -0.3 is 40.5 Å². The van der Waals surface area contributed by atoms with Crippen LogP contribution in [0.4, 0.5) is 0 Å². The molecular formula is C38H46N2O10S. The number of carbonyl (C=O) groups excluding carboxylic acids is 3. The molecule has 0 radical (unpaired) electrons. The van der Waals surface area contributed by atoms with E-state index in [9.17, 15) is 39.6 Å². The average Bonchev–Trinajstić information content (AvgIpc) is 3.12. The van der Waals surface area contributed by atoms with Gasteiger partial charge in [-0.25, -0.2) is 4.79 Å². The Labute approximate surface area is 301 Å². The van der Waals surface area contributed by atoms with Crippen LogP contribution in [0.5, 0.6) is 0 Å². The monoisotopic (exact) mass is 722 g/mol. The zero-order valence-corrected chi connectivity index (χ0v) is 29.3. The third kappa shape index (κ3) is 11.7.